The number of thiophene rings is 1. The minimum Gasteiger partial charge on any atom is -0.453 e. The Kier molecular flexibility index (Phi) is 10.7. The average molecular weight is 753 g/mol. The molecule has 14 nitrogen and oxygen atoms in total. The lowest BCUT2D eigenvalue weighted by atomic mass is 10.0. The number of benzene rings is 2. The second kappa shape index (κ2) is 15.7. The molecule has 0 aliphatic carbocycles. The van der Waals surface area contributed by atoms with E-state index in [9.17, 15) is 19.2 Å². The standard InChI is InChI=1S/C39H44N8O6S/c1-22(2)34(45-39(51)53-4)37(49)47-18-6-7-29(47)35-40-20-28(44-35)23-9-11-24(12-10-23)31-15-16-32(54-31)25-13-14-26-27(19-25)43-36(42-26)30-8-5-17-46(30)33(48)21-41-38(50)52-3/h9-16,19-20,22,29-30,34H,5-8,17-18,21H2,1-4H3,(H,40,44)(H,41,50)(H,42,43)(H,45,51)/t29-,30-,34?/m0/s1. The van der Waals surface area contributed by atoms with Crippen molar-refractivity contribution in [2.24, 2.45) is 5.92 Å². The monoisotopic (exact) mass is 752 g/mol. The van der Waals surface area contributed by atoms with Crippen LogP contribution in [0, 0.1) is 5.92 Å². The molecule has 2 saturated heterocycles. The van der Waals surface area contributed by atoms with Gasteiger partial charge in [0.2, 0.25) is 11.8 Å². The summed E-state index contributed by atoms with van der Waals surface area (Å²) in [5.74, 6) is 1.06. The Morgan fingerprint density at radius 3 is 2.19 bits per heavy atom. The van der Waals surface area contributed by atoms with E-state index in [4.69, 9.17) is 9.72 Å². The number of likely N-dealkylation sites (tertiary alicyclic amines) is 2. The van der Waals surface area contributed by atoms with Gasteiger partial charge in [0.15, 0.2) is 0 Å². The van der Waals surface area contributed by atoms with Crippen LogP contribution < -0.4 is 10.6 Å². The lowest BCUT2D eigenvalue weighted by Crippen LogP contribution is -2.51. The van der Waals surface area contributed by atoms with Gasteiger partial charge in [-0.3, -0.25) is 9.59 Å². The Morgan fingerprint density at radius 1 is 0.833 bits per heavy atom. The van der Waals surface area contributed by atoms with Gasteiger partial charge in [-0.15, -0.1) is 11.3 Å². The SMILES string of the molecule is COC(=O)NCC(=O)N1CCC[C@H]1c1nc2ccc(-c3ccc(-c4ccc(-c5cnc([C@@H]6CCCN6C(=O)C(NC(=O)OC)C(C)C)[nH]5)cc4)s3)cc2[nH]1. The van der Waals surface area contributed by atoms with Gasteiger partial charge in [-0.1, -0.05) is 44.2 Å². The fraction of sp³-hybridized carbons (Fsp3) is 0.385. The lowest BCUT2D eigenvalue weighted by molar-refractivity contribution is -0.135. The van der Waals surface area contributed by atoms with E-state index in [-0.39, 0.29) is 36.4 Å². The normalized spacial score (nSPS) is 17.6. The number of H-pyrrole nitrogens is 2. The first kappa shape index (κ1) is 36.6. The largest absolute Gasteiger partial charge is 0.453 e. The molecule has 2 fully saturated rings. The Bertz CT molecular complexity index is 2160. The highest BCUT2D eigenvalue weighted by Crippen LogP contribution is 2.38. The number of carbonyl (C=O) groups is 4. The molecule has 282 valence electrons. The number of aromatic nitrogens is 4. The molecule has 0 bridgehead atoms. The van der Waals surface area contributed by atoms with Gasteiger partial charge < -0.3 is 39.9 Å². The van der Waals surface area contributed by atoms with Crippen LogP contribution in [0.4, 0.5) is 9.59 Å². The summed E-state index contributed by atoms with van der Waals surface area (Å²) >= 11 is 1.70. The Labute approximate surface area is 316 Å². The zero-order valence-electron chi connectivity index (χ0n) is 30.7. The molecular formula is C39H44N8O6S. The van der Waals surface area contributed by atoms with Crippen molar-refractivity contribution in [3.05, 3.63) is 72.4 Å². The number of aromatic amines is 2. The molecule has 0 radical (unpaired) electrons. The highest BCUT2D eigenvalue weighted by atomic mass is 32.1. The summed E-state index contributed by atoms with van der Waals surface area (Å²) in [4.78, 5) is 72.0. The number of methoxy groups -OCH3 is 2. The molecule has 5 heterocycles. The molecule has 7 rings (SSSR count). The Balaban J connectivity index is 1.02. The smallest absolute Gasteiger partial charge is 0.407 e. The topological polar surface area (TPSA) is 175 Å². The Morgan fingerprint density at radius 2 is 1.48 bits per heavy atom. The number of fused-ring (bicyclic) bond motifs is 1. The van der Waals surface area contributed by atoms with E-state index in [0.29, 0.717) is 13.1 Å². The van der Waals surface area contributed by atoms with Crippen molar-refractivity contribution in [1.29, 1.82) is 0 Å². The number of rotatable bonds is 10. The first-order valence-corrected chi connectivity index (χ1v) is 19.0. The molecule has 15 heteroatoms. The number of alkyl carbamates (subject to hydrolysis) is 2. The quantitative estimate of drug-likeness (QED) is 0.127. The van der Waals surface area contributed by atoms with E-state index in [0.717, 1.165) is 80.5 Å². The summed E-state index contributed by atoms with van der Waals surface area (Å²) < 4.78 is 9.35. The predicted octanol–water partition coefficient (Wildman–Crippen LogP) is 6.41. The van der Waals surface area contributed by atoms with Crippen LogP contribution in [-0.4, -0.2) is 93.6 Å². The van der Waals surface area contributed by atoms with Crippen molar-refractivity contribution < 1.29 is 28.7 Å². The van der Waals surface area contributed by atoms with E-state index >= 15 is 0 Å². The summed E-state index contributed by atoms with van der Waals surface area (Å²) in [6, 6.07) is 17.7. The van der Waals surface area contributed by atoms with Crippen LogP contribution in [0.15, 0.2) is 60.8 Å². The van der Waals surface area contributed by atoms with Gasteiger partial charge in [-0.25, -0.2) is 19.6 Å². The summed E-state index contributed by atoms with van der Waals surface area (Å²) in [5.41, 5.74) is 5.74. The minimum absolute atomic E-state index is 0.102. The van der Waals surface area contributed by atoms with E-state index in [2.05, 4.69) is 78.9 Å². The first-order chi connectivity index (χ1) is 26.1. The van der Waals surface area contributed by atoms with Crippen molar-refractivity contribution in [1.82, 2.24) is 40.4 Å². The van der Waals surface area contributed by atoms with Gasteiger partial charge in [0.25, 0.3) is 0 Å². The number of nitrogens with one attached hydrogen (secondary N) is 4. The third kappa shape index (κ3) is 7.53. The average Bonchev–Trinajstić information content (AvgIpc) is 4.03. The van der Waals surface area contributed by atoms with Gasteiger partial charge in [0.05, 0.1) is 49.2 Å². The molecule has 3 aromatic heterocycles. The molecule has 4 amide bonds. The fourth-order valence-corrected chi connectivity index (χ4v) is 8.33. The van der Waals surface area contributed by atoms with E-state index in [1.165, 1.54) is 14.2 Å². The zero-order chi connectivity index (χ0) is 37.9. The van der Waals surface area contributed by atoms with Gasteiger partial charge in [-0.2, -0.15) is 0 Å². The molecule has 2 aliphatic heterocycles. The van der Waals surface area contributed by atoms with Gasteiger partial charge in [-0.05, 0) is 72.6 Å². The molecule has 4 N–H and O–H groups in total. The van der Waals surface area contributed by atoms with Crippen molar-refractivity contribution >= 4 is 46.4 Å². The lowest BCUT2D eigenvalue weighted by Gasteiger charge is -2.30. The molecule has 2 aromatic carbocycles. The fourth-order valence-electron chi connectivity index (χ4n) is 7.32. The molecule has 1 unspecified atom stereocenters. The van der Waals surface area contributed by atoms with Crippen LogP contribution in [0.5, 0.6) is 0 Å². The predicted molar refractivity (Wildman–Crippen MR) is 204 cm³/mol. The van der Waals surface area contributed by atoms with E-state index < -0.39 is 18.2 Å². The molecule has 5 aromatic rings. The third-order valence-corrected chi connectivity index (χ3v) is 11.4. The molecule has 54 heavy (non-hydrogen) atoms. The first-order valence-electron chi connectivity index (χ1n) is 18.1. The summed E-state index contributed by atoms with van der Waals surface area (Å²) in [6.07, 6.45) is 3.84. The van der Waals surface area contributed by atoms with Crippen molar-refractivity contribution in [2.45, 2.75) is 57.7 Å². The van der Waals surface area contributed by atoms with Crippen LogP contribution in [0.3, 0.4) is 0 Å². The zero-order valence-corrected chi connectivity index (χ0v) is 31.5. The third-order valence-electron chi connectivity index (χ3n) is 10.2. The summed E-state index contributed by atoms with van der Waals surface area (Å²) in [6.45, 7) is 4.88. The Hall–Kier alpha value is -5.70. The van der Waals surface area contributed by atoms with Crippen LogP contribution in [0.25, 0.3) is 43.2 Å². The van der Waals surface area contributed by atoms with Crippen LogP contribution >= 0.6 is 11.3 Å². The van der Waals surface area contributed by atoms with E-state index in [1.54, 1.807) is 16.2 Å². The number of hydrogen-bond acceptors (Lipinski definition) is 9. The number of carbonyl (C=O) groups excluding carboxylic acids is 4. The van der Waals surface area contributed by atoms with Crippen molar-refractivity contribution in [2.75, 3.05) is 33.9 Å². The number of nitrogens with zero attached hydrogens (tertiary/aromatic N) is 4. The molecule has 0 saturated carbocycles. The number of imidazole rings is 2. The maximum atomic E-state index is 13.5. The highest BCUT2D eigenvalue weighted by molar-refractivity contribution is 7.18. The summed E-state index contributed by atoms with van der Waals surface area (Å²) in [7, 11) is 2.56. The number of amides is 4. The second-order valence-corrected chi connectivity index (χ2v) is 15.0. The van der Waals surface area contributed by atoms with Crippen molar-refractivity contribution in [3.8, 4) is 32.1 Å². The van der Waals surface area contributed by atoms with Crippen molar-refractivity contribution in [3.63, 3.8) is 0 Å². The van der Waals surface area contributed by atoms with E-state index in [1.807, 2.05) is 31.0 Å². The number of ether oxygens (including phenoxy) is 2. The molecular weight excluding hydrogens is 709 g/mol. The maximum Gasteiger partial charge on any atom is 0.407 e. The van der Waals surface area contributed by atoms with Gasteiger partial charge in [0, 0.05) is 22.8 Å². The minimum atomic E-state index is -0.685. The van der Waals surface area contributed by atoms with Crippen LogP contribution in [0.2, 0.25) is 0 Å². The molecule has 0 spiro atoms. The molecule has 2 aliphatic rings. The van der Waals surface area contributed by atoms with Crippen LogP contribution in [-0.2, 0) is 19.1 Å². The van der Waals surface area contributed by atoms with Crippen LogP contribution in [0.1, 0.15) is 63.3 Å². The number of hydrogen-bond donors (Lipinski definition) is 4. The van der Waals surface area contributed by atoms with Gasteiger partial charge in [0.1, 0.15) is 24.2 Å². The molecule has 3 atom stereocenters. The summed E-state index contributed by atoms with van der Waals surface area (Å²) in [5, 5.41) is 5.17. The highest BCUT2D eigenvalue weighted by Gasteiger charge is 2.37. The second-order valence-electron chi connectivity index (χ2n) is 13.9. The maximum absolute atomic E-state index is 13.5. The van der Waals surface area contributed by atoms with Gasteiger partial charge >= 0.3 is 12.2 Å².